The Morgan fingerprint density at radius 1 is 0.509 bits per heavy atom. The Balaban J connectivity index is 0.000000179. The zero-order chi connectivity index (χ0) is 39.3. The molecule has 10 aliphatic carbocycles. The van der Waals surface area contributed by atoms with Crippen molar-refractivity contribution in [2.45, 2.75) is 202 Å². The second kappa shape index (κ2) is 16.4. The van der Waals surface area contributed by atoms with Gasteiger partial charge < -0.3 is 15.3 Å². The van der Waals surface area contributed by atoms with Crippen molar-refractivity contribution >= 4 is 27.5 Å². The normalized spacial score (nSPS) is 51.8. The summed E-state index contributed by atoms with van der Waals surface area (Å²) in [5, 5.41) is 29.1. The molecule has 10 fully saturated rings. The summed E-state index contributed by atoms with van der Waals surface area (Å²) in [5.41, 5.74) is 0.755. The van der Waals surface area contributed by atoms with Crippen LogP contribution in [0.1, 0.15) is 191 Å². The highest BCUT2D eigenvalue weighted by Crippen LogP contribution is 2.74. The molecule has 0 radical (unpaired) electrons. The molecule has 6 heteroatoms. The van der Waals surface area contributed by atoms with Crippen molar-refractivity contribution in [1.82, 2.24) is 0 Å². The largest absolute Gasteiger partial charge is 0.400 e. The SMILES string of the molecule is C.C.CC(=O)[C@H]1CC[C@H]2[C@@H]3CC[C@@H]4C[C@](C)(O)CC[C@]4(C4CC4)[C@H]3CC[C@]12C.CO.C[C@@]1(O)CC[C@@]2(C3CC3)[C@H](CC[C@H]3[C@@H]4CC[C@H](C(=O)CBr)[C@@]4(C)CC[C@@H]32)C1. The van der Waals surface area contributed by atoms with E-state index < -0.39 is 11.2 Å². The van der Waals surface area contributed by atoms with Crippen molar-refractivity contribution in [1.29, 1.82) is 0 Å². The summed E-state index contributed by atoms with van der Waals surface area (Å²) in [7, 11) is 1.00. The molecule has 10 aliphatic rings. The number of hydrogen-bond acceptors (Lipinski definition) is 5. The van der Waals surface area contributed by atoms with Gasteiger partial charge in [-0.15, -0.1) is 0 Å². The molecule has 57 heavy (non-hydrogen) atoms. The van der Waals surface area contributed by atoms with E-state index in [1.807, 2.05) is 6.92 Å². The van der Waals surface area contributed by atoms with E-state index in [2.05, 4.69) is 43.6 Å². The zero-order valence-corrected chi connectivity index (χ0v) is 37.3. The second-order valence-corrected chi connectivity index (χ2v) is 23.6. The first-order chi connectivity index (χ1) is 26.1. The fraction of sp³-hybridized carbons (Fsp3) is 0.961. The Kier molecular flexibility index (Phi) is 13.3. The highest BCUT2D eigenvalue weighted by Gasteiger charge is 2.67. The van der Waals surface area contributed by atoms with Gasteiger partial charge in [0.2, 0.25) is 0 Å². The molecule has 0 aromatic heterocycles. The van der Waals surface area contributed by atoms with Crippen molar-refractivity contribution in [3.8, 4) is 0 Å². The average Bonchev–Trinajstić information content (AvgIpc) is 4.09. The van der Waals surface area contributed by atoms with Gasteiger partial charge >= 0.3 is 0 Å². The lowest BCUT2D eigenvalue weighted by Crippen LogP contribution is -2.57. The van der Waals surface area contributed by atoms with Crippen molar-refractivity contribution in [3.63, 3.8) is 0 Å². The first-order valence-electron chi connectivity index (χ1n) is 23.6. The van der Waals surface area contributed by atoms with E-state index in [4.69, 9.17) is 5.11 Å². The third-order valence-electron chi connectivity index (χ3n) is 20.7. The van der Waals surface area contributed by atoms with Crippen molar-refractivity contribution in [2.75, 3.05) is 12.4 Å². The highest BCUT2D eigenvalue weighted by molar-refractivity contribution is 9.09. The van der Waals surface area contributed by atoms with E-state index in [0.29, 0.717) is 39.6 Å². The molecule has 0 unspecified atom stereocenters. The van der Waals surface area contributed by atoms with E-state index in [1.165, 1.54) is 103 Å². The number of Topliss-reactive ketones (excluding diaryl/α,β-unsaturated/α-hetero) is 2. The fourth-order valence-electron chi connectivity index (χ4n) is 18.5. The van der Waals surface area contributed by atoms with Crippen molar-refractivity contribution in [2.24, 2.45) is 92.7 Å². The maximum atomic E-state index is 12.6. The van der Waals surface area contributed by atoms with Gasteiger partial charge in [-0.25, -0.2) is 0 Å². The molecule has 16 atom stereocenters. The zero-order valence-electron chi connectivity index (χ0n) is 35.7. The average molecular weight is 860 g/mol. The molecule has 0 aromatic carbocycles. The van der Waals surface area contributed by atoms with Crippen LogP contribution in [-0.2, 0) is 9.59 Å². The predicted octanol–water partition coefficient (Wildman–Crippen LogP) is 12.0. The molecular weight excluding hydrogens is 772 g/mol. The minimum absolute atomic E-state index is 0. The number of fused-ring (bicyclic) bond motifs is 10. The molecule has 0 heterocycles. The second-order valence-electron chi connectivity index (χ2n) is 23.0. The molecule has 0 spiro atoms. The first kappa shape index (κ1) is 46.2. The number of rotatable bonds is 5. The molecule has 328 valence electrons. The molecule has 0 aromatic rings. The third kappa shape index (κ3) is 7.36. The minimum Gasteiger partial charge on any atom is -0.400 e. The van der Waals surface area contributed by atoms with Gasteiger partial charge in [0, 0.05) is 18.9 Å². The quantitative estimate of drug-likeness (QED) is 0.239. The number of aliphatic hydroxyl groups is 3. The molecule has 0 aliphatic heterocycles. The summed E-state index contributed by atoms with van der Waals surface area (Å²) in [6.45, 7) is 10.9. The number of carbonyl (C=O) groups excluding carboxylic acids is 2. The monoisotopic (exact) mass is 859 g/mol. The van der Waals surface area contributed by atoms with Gasteiger partial charge in [0.05, 0.1) is 16.5 Å². The third-order valence-corrected chi connectivity index (χ3v) is 21.3. The van der Waals surface area contributed by atoms with E-state index in [0.717, 1.165) is 105 Å². The molecule has 0 amide bonds. The summed E-state index contributed by atoms with van der Waals surface area (Å²) in [5.74, 6) is 9.94. The summed E-state index contributed by atoms with van der Waals surface area (Å²) < 4.78 is 0. The lowest BCUT2D eigenvalue weighted by molar-refractivity contribution is -0.165. The Bertz CT molecular complexity index is 1450. The highest BCUT2D eigenvalue weighted by atomic mass is 79.9. The van der Waals surface area contributed by atoms with E-state index in [9.17, 15) is 19.8 Å². The van der Waals surface area contributed by atoms with Crippen LogP contribution in [0.2, 0.25) is 0 Å². The minimum atomic E-state index is -0.431. The van der Waals surface area contributed by atoms with Gasteiger partial charge in [-0.1, -0.05) is 44.6 Å². The molecule has 0 bridgehead atoms. The number of carbonyl (C=O) groups is 2. The molecule has 10 saturated carbocycles. The van der Waals surface area contributed by atoms with Crippen LogP contribution in [0.15, 0.2) is 0 Å². The molecular formula is C51H87BrO5. The van der Waals surface area contributed by atoms with Crippen LogP contribution in [0, 0.1) is 92.7 Å². The molecule has 0 saturated heterocycles. The Hall–Kier alpha value is -0.300. The van der Waals surface area contributed by atoms with Crippen molar-refractivity contribution < 1.29 is 24.9 Å². The van der Waals surface area contributed by atoms with Crippen LogP contribution < -0.4 is 0 Å². The Morgan fingerprint density at radius 3 is 1.28 bits per heavy atom. The van der Waals surface area contributed by atoms with Gasteiger partial charge in [-0.2, -0.15) is 0 Å². The van der Waals surface area contributed by atoms with Crippen LogP contribution in [0.25, 0.3) is 0 Å². The van der Waals surface area contributed by atoms with Crippen LogP contribution >= 0.6 is 15.9 Å². The summed E-state index contributed by atoms with van der Waals surface area (Å²) >= 11 is 3.45. The van der Waals surface area contributed by atoms with Gasteiger partial charge in [-0.3, -0.25) is 9.59 Å². The molecule has 5 nitrogen and oxygen atoms in total. The van der Waals surface area contributed by atoms with Crippen molar-refractivity contribution in [3.05, 3.63) is 0 Å². The Morgan fingerprint density at radius 2 is 0.895 bits per heavy atom. The van der Waals surface area contributed by atoms with E-state index in [1.54, 1.807) is 0 Å². The number of alkyl halides is 1. The fourth-order valence-corrected chi connectivity index (χ4v) is 18.8. The van der Waals surface area contributed by atoms with Crippen LogP contribution in [-0.4, -0.2) is 50.5 Å². The Labute approximate surface area is 358 Å². The molecule has 10 rings (SSSR count). The van der Waals surface area contributed by atoms with Gasteiger partial charge in [0.1, 0.15) is 11.6 Å². The smallest absolute Gasteiger partial charge is 0.147 e. The van der Waals surface area contributed by atoms with Gasteiger partial charge in [0.25, 0.3) is 0 Å². The van der Waals surface area contributed by atoms with Gasteiger partial charge in [0.15, 0.2) is 0 Å². The number of ketones is 2. The van der Waals surface area contributed by atoms with Crippen LogP contribution in [0.5, 0.6) is 0 Å². The summed E-state index contributed by atoms with van der Waals surface area (Å²) in [4.78, 5) is 25.0. The number of halogens is 1. The standard InChI is InChI=1S/C24H37BrO2.C24H38O2.CH4O.2CH4/c1-22(27)11-12-24(15-3-4-15)16(13-22)5-6-17-18-7-8-20(21(26)14-25)23(18,2)10-9-19(17)24;1-15(25)19-8-9-20-18-7-6-17-14-22(2,26)12-13-24(17,16-4-5-16)21(18)10-11-23(19,20)3;1-2;;/h15-20,27H,3-14H2,1-2H3;16-21,26H,4-14H2,1-3H3;2H,1H3;2*1H4/t16-,17+,18+,19+,20-,22-,23+,24-;17-,18+,19-,20+,21+,22-,23-,24-;;;/m11.../s1. The molecule has 3 N–H and O–H groups in total. The lowest BCUT2D eigenvalue weighted by Gasteiger charge is -2.63. The number of hydrogen-bond donors (Lipinski definition) is 3. The lowest BCUT2D eigenvalue weighted by atomic mass is 9.42. The summed E-state index contributed by atoms with van der Waals surface area (Å²) in [6, 6.07) is 0. The van der Waals surface area contributed by atoms with E-state index in [-0.39, 0.29) is 25.7 Å². The predicted molar refractivity (Wildman–Crippen MR) is 237 cm³/mol. The van der Waals surface area contributed by atoms with Crippen LogP contribution in [0.4, 0.5) is 0 Å². The van der Waals surface area contributed by atoms with E-state index >= 15 is 0 Å². The van der Waals surface area contributed by atoms with Crippen LogP contribution in [0.3, 0.4) is 0 Å². The first-order valence-corrected chi connectivity index (χ1v) is 24.7. The maximum Gasteiger partial charge on any atom is 0.147 e. The topological polar surface area (TPSA) is 94.8 Å². The maximum absolute atomic E-state index is 12.6. The number of aliphatic hydroxyl groups excluding tert-OH is 1. The summed E-state index contributed by atoms with van der Waals surface area (Å²) in [6.07, 6.45) is 27.9. The van der Waals surface area contributed by atoms with Gasteiger partial charge in [-0.05, 0) is 243 Å².